The molecular weight excluding hydrogens is 464 g/mol. The molecule has 0 aliphatic carbocycles. The molecule has 1 aromatic carbocycles. The van der Waals surface area contributed by atoms with E-state index in [0.29, 0.717) is 12.0 Å². The Morgan fingerprint density at radius 3 is 1.94 bits per heavy atom. The first-order valence-electron chi connectivity index (χ1n) is 12.0. The molecule has 0 spiro atoms. The number of phenolic OH excluding ortho intramolecular Hbond substituents is 1. The van der Waals surface area contributed by atoms with Crippen LogP contribution >= 0.6 is 0 Å². The molecule has 0 heterocycles. The SMILES string of the molecule is CCC(C)(C)N(C(=O)C(CC(N)=O)NC(=O)OC(C)(C)C)C(C(=O)NC(C)(C)C)c1ccc(O)cc1. The lowest BCUT2D eigenvalue weighted by atomic mass is 9.91. The molecule has 1 aromatic rings. The van der Waals surface area contributed by atoms with Crippen LogP contribution in [0.1, 0.15) is 86.8 Å². The quantitative estimate of drug-likeness (QED) is 0.404. The number of carbonyl (C=O) groups is 4. The average Bonchev–Trinajstić information content (AvgIpc) is 2.68. The molecule has 10 heteroatoms. The van der Waals surface area contributed by atoms with Gasteiger partial charge < -0.3 is 31.1 Å². The highest BCUT2D eigenvalue weighted by atomic mass is 16.6. The Hall–Kier alpha value is -3.30. The highest BCUT2D eigenvalue weighted by molar-refractivity contribution is 5.95. The van der Waals surface area contributed by atoms with Crippen LogP contribution in [-0.2, 0) is 19.1 Å². The lowest BCUT2D eigenvalue weighted by Gasteiger charge is -2.45. The lowest BCUT2D eigenvalue weighted by Crippen LogP contribution is -2.60. The summed E-state index contributed by atoms with van der Waals surface area (Å²) in [6.07, 6.45) is -0.930. The van der Waals surface area contributed by atoms with Crippen LogP contribution in [0.25, 0.3) is 0 Å². The Morgan fingerprint density at radius 1 is 1.00 bits per heavy atom. The van der Waals surface area contributed by atoms with Crippen LogP contribution < -0.4 is 16.4 Å². The van der Waals surface area contributed by atoms with Gasteiger partial charge in [-0.1, -0.05) is 19.1 Å². The standard InChI is InChI=1S/C26H42N4O6/c1-10-26(8,9)30(22(34)18(15-19(27)32)28-23(35)36-25(5,6)7)20(21(33)29-24(2,3)4)16-11-13-17(31)14-12-16/h11-14,18,20,31H,10,15H2,1-9H3,(H2,27,32)(H,28,35)(H,29,33). The summed E-state index contributed by atoms with van der Waals surface area (Å²) < 4.78 is 5.28. The van der Waals surface area contributed by atoms with Gasteiger partial charge in [0.05, 0.1) is 6.42 Å². The summed E-state index contributed by atoms with van der Waals surface area (Å²) in [4.78, 5) is 53.5. The fraction of sp³-hybridized carbons (Fsp3) is 0.615. The predicted octanol–water partition coefficient (Wildman–Crippen LogP) is 3.13. The molecule has 10 nitrogen and oxygen atoms in total. The molecule has 0 saturated heterocycles. The largest absolute Gasteiger partial charge is 0.508 e. The highest BCUT2D eigenvalue weighted by Crippen LogP contribution is 2.33. The van der Waals surface area contributed by atoms with E-state index in [-0.39, 0.29) is 5.75 Å². The molecule has 2 atom stereocenters. The third-order valence-corrected chi connectivity index (χ3v) is 5.36. The Morgan fingerprint density at radius 2 is 1.53 bits per heavy atom. The summed E-state index contributed by atoms with van der Waals surface area (Å²) in [6, 6.07) is 3.45. The molecule has 1 rings (SSSR count). The second-order valence-electron chi connectivity index (χ2n) is 11.5. The van der Waals surface area contributed by atoms with Crippen molar-refractivity contribution in [2.45, 2.75) is 104 Å². The van der Waals surface area contributed by atoms with Crippen molar-refractivity contribution in [3.8, 4) is 5.75 Å². The van der Waals surface area contributed by atoms with Crippen LogP contribution in [-0.4, -0.2) is 56.5 Å². The van der Waals surface area contributed by atoms with Gasteiger partial charge in [-0.2, -0.15) is 0 Å². The zero-order valence-electron chi connectivity index (χ0n) is 22.9. The van der Waals surface area contributed by atoms with Gasteiger partial charge in [-0.3, -0.25) is 14.4 Å². The number of hydrogen-bond donors (Lipinski definition) is 4. The normalized spacial score (nSPS) is 13.8. The van der Waals surface area contributed by atoms with E-state index in [1.165, 1.54) is 17.0 Å². The van der Waals surface area contributed by atoms with Crippen molar-refractivity contribution in [1.29, 1.82) is 0 Å². The molecule has 0 radical (unpaired) electrons. The minimum Gasteiger partial charge on any atom is -0.508 e. The number of rotatable bonds is 9. The van der Waals surface area contributed by atoms with Gasteiger partial charge in [0, 0.05) is 11.1 Å². The first-order valence-corrected chi connectivity index (χ1v) is 12.0. The van der Waals surface area contributed by atoms with Gasteiger partial charge in [0.2, 0.25) is 17.7 Å². The molecule has 0 aliphatic rings. The average molecular weight is 507 g/mol. The number of primary amides is 1. The molecule has 0 bridgehead atoms. The van der Waals surface area contributed by atoms with Gasteiger partial charge in [-0.25, -0.2) is 4.79 Å². The Labute approximate surface area is 213 Å². The van der Waals surface area contributed by atoms with Crippen LogP contribution in [0.15, 0.2) is 24.3 Å². The van der Waals surface area contributed by atoms with Gasteiger partial charge in [-0.15, -0.1) is 0 Å². The number of nitrogens with two attached hydrogens (primary N) is 1. The first kappa shape index (κ1) is 30.7. The van der Waals surface area contributed by atoms with Gasteiger partial charge in [0.25, 0.3) is 0 Å². The van der Waals surface area contributed by atoms with E-state index in [9.17, 15) is 24.3 Å². The number of phenols is 1. The van der Waals surface area contributed by atoms with E-state index in [0.717, 1.165) is 0 Å². The van der Waals surface area contributed by atoms with Crippen molar-refractivity contribution < 1.29 is 29.0 Å². The van der Waals surface area contributed by atoms with Gasteiger partial charge in [-0.05, 0) is 79.5 Å². The van der Waals surface area contributed by atoms with E-state index in [4.69, 9.17) is 10.5 Å². The molecular formula is C26H42N4O6. The van der Waals surface area contributed by atoms with Crippen molar-refractivity contribution >= 4 is 23.8 Å². The topological polar surface area (TPSA) is 151 Å². The number of benzene rings is 1. The summed E-state index contributed by atoms with van der Waals surface area (Å²) in [5, 5.41) is 15.2. The molecule has 0 aromatic heterocycles. The fourth-order valence-corrected chi connectivity index (χ4v) is 3.48. The van der Waals surface area contributed by atoms with Crippen molar-refractivity contribution in [2.24, 2.45) is 5.73 Å². The number of alkyl carbamates (subject to hydrolysis) is 1. The zero-order chi connectivity index (χ0) is 28.1. The molecule has 36 heavy (non-hydrogen) atoms. The summed E-state index contributed by atoms with van der Waals surface area (Å²) in [7, 11) is 0. The number of amides is 4. The molecule has 4 amide bonds. The summed E-state index contributed by atoms with van der Waals surface area (Å²) in [5.74, 6) is -1.94. The number of nitrogens with zero attached hydrogens (tertiary/aromatic N) is 1. The number of ether oxygens (including phenoxy) is 1. The Balaban J connectivity index is 3.67. The van der Waals surface area contributed by atoms with E-state index in [2.05, 4.69) is 10.6 Å². The van der Waals surface area contributed by atoms with E-state index < -0.39 is 59.0 Å². The molecule has 2 unspecified atom stereocenters. The molecule has 0 aliphatic heterocycles. The maximum atomic E-state index is 14.1. The fourth-order valence-electron chi connectivity index (χ4n) is 3.48. The van der Waals surface area contributed by atoms with Crippen LogP contribution in [0.4, 0.5) is 4.79 Å². The van der Waals surface area contributed by atoms with E-state index >= 15 is 0 Å². The smallest absolute Gasteiger partial charge is 0.408 e. The van der Waals surface area contributed by atoms with Crippen molar-refractivity contribution in [3.63, 3.8) is 0 Å². The Kier molecular flexibility index (Phi) is 9.92. The van der Waals surface area contributed by atoms with Crippen molar-refractivity contribution in [1.82, 2.24) is 15.5 Å². The minimum atomic E-state index is -1.37. The lowest BCUT2D eigenvalue weighted by molar-refractivity contribution is -0.150. The van der Waals surface area contributed by atoms with Gasteiger partial charge >= 0.3 is 6.09 Å². The third kappa shape index (κ3) is 9.39. The van der Waals surface area contributed by atoms with E-state index in [1.807, 2.05) is 27.7 Å². The van der Waals surface area contributed by atoms with Gasteiger partial charge in [0.15, 0.2) is 0 Å². The molecule has 202 valence electrons. The van der Waals surface area contributed by atoms with Gasteiger partial charge in [0.1, 0.15) is 23.4 Å². The summed E-state index contributed by atoms with van der Waals surface area (Å²) in [5.41, 5.74) is 3.52. The van der Waals surface area contributed by atoms with E-state index in [1.54, 1.807) is 46.8 Å². The maximum absolute atomic E-state index is 14.1. The number of aromatic hydroxyl groups is 1. The maximum Gasteiger partial charge on any atom is 0.408 e. The van der Waals surface area contributed by atoms with Crippen molar-refractivity contribution in [3.05, 3.63) is 29.8 Å². The molecule has 0 fully saturated rings. The summed E-state index contributed by atoms with van der Waals surface area (Å²) >= 11 is 0. The minimum absolute atomic E-state index is 0.000412. The van der Waals surface area contributed by atoms with Crippen LogP contribution in [0.2, 0.25) is 0 Å². The van der Waals surface area contributed by atoms with Crippen LogP contribution in [0, 0.1) is 0 Å². The highest BCUT2D eigenvalue weighted by Gasteiger charge is 2.44. The number of nitrogens with one attached hydrogen (secondary N) is 2. The van der Waals surface area contributed by atoms with Crippen LogP contribution in [0.5, 0.6) is 5.75 Å². The number of carbonyl (C=O) groups excluding carboxylic acids is 4. The summed E-state index contributed by atoms with van der Waals surface area (Å²) in [6.45, 7) is 15.9. The molecule has 0 saturated carbocycles. The van der Waals surface area contributed by atoms with Crippen molar-refractivity contribution in [2.75, 3.05) is 0 Å². The van der Waals surface area contributed by atoms with Crippen LogP contribution in [0.3, 0.4) is 0 Å². The monoisotopic (exact) mass is 506 g/mol. The third-order valence-electron chi connectivity index (χ3n) is 5.36. The predicted molar refractivity (Wildman–Crippen MR) is 137 cm³/mol. The second kappa shape index (κ2) is 11.6. The molecule has 5 N–H and O–H groups in total. The zero-order valence-corrected chi connectivity index (χ0v) is 22.9. The Bertz CT molecular complexity index is 945. The first-order chi connectivity index (χ1) is 16.3. The number of hydrogen-bond acceptors (Lipinski definition) is 6. The second-order valence-corrected chi connectivity index (χ2v) is 11.5.